The highest BCUT2D eigenvalue weighted by Gasteiger charge is 2.35. The van der Waals surface area contributed by atoms with E-state index in [0.29, 0.717) is 66.3 Å². The van der Waals surface area contributed by atoms with Gasteiger partial charge in [0.15, 0.2) is 0 Å². The van der Waals surface area contributed by atoms with E-state index >= 15 is 0 Å². The van der Waals surface area contributed by atoms with Crippen LogP contribution >= 0.6 is 0 Å². The van der Waals surface area contributed by atoms with Gasteiger partial charge in [-0.05, 0) is 79.7 Å². The molecule has 3 aliphatic heterocycles. The van der Waals surface area contributed by atoms with Crippen molar-refractivity contribution in [1.29, 1.82) is 10.8 Å². The molecule has 3 saturated heterocycles. The molecule has 2 atom stereocenters. The van der Waals surface area contributed by atoms with Crippen LogP contribution < -0.4 is 20.4 Å². The van der Waals surface area contributed by atoms with Crippen molar-refractivity contribution in [2.75, 3.05) is 81.6 Å². The highest BCUT2D eigenvalue weighted by Crippen LogP contribution is 2.24. The van der Waals surface area contributed by atoms with Crippen molar-refractivity contribution in [3.63, 3.8) is 0 Å². The summed E-state index contributed by atoms with van der Waals surface area (Å²) in [5, 5.41) is 21.4. The van der Waals surface area contributed by atoms with Gasteiger partial charge in [0, 0.05) is 72.9 Å². The number of anilines is 2. The summed E-state index contributed by atoms with van der Waals surface area (Å²) >= 11 is 0. The maximum atomic E-state index is 12.5. The number of amidine groups is 2. The molecule has 0 radical (unpaired) electrons. The molecule has 4 aromatic carbocycles. The molecule has 0 aliphatic carbocycles. The molecule has 7 rings (SSSR count). The third-order valence-electron chi connectivity index (χ3n) is 10.6. The minimum atomic E-state index is -3.62. The molecule has 0 aromatic heterocycles. The third-order valence-corrected chi connectivity index (χ3v) is 11.1. The SMILES string of the molecule is CCOC(=O)CCN1CCN(C[C@H]2CN(c3ccc(C(=N)NC(=O)c4ccccc4)cc3)C(=O)O2)CC1.CS(=O)(=O)OC[C@@H]1CN(c2ccc(C(=N)NC(=O)c3ccccc3)cc2)C(=O)O1. The number of rotatable bonds is 15. The Bertz CT molecular complexity index is 2470. The molecule has 4 aromatic rings. The first-order valence-corrected chi connectivity index (χ1v) is 23.0. The Morgan fingerprint density at radius 1 is 0.652 bits per heavy atom. The number of hydrogen-bond donors (Lipinski definition) is 4. The Hall–Kier alpha value is -7.00. The van der Waals surface area contributed by atoms with Gasteiger partial charge in [-0.25, -0.2) is 9.59 Å². The monoisotopic (exact) mass is 924 g/mol. The van der Waals surface area contributed by atoms with Gasteiger partial charge in [0.2, 0.25) is 0 Å². The largest absolute Gasteiger partial charge is 0.466 e. The van der Waals surface area contributed by atoms with Crippen molar-refractivity contribution in [3.05, 3.63) is 131 Å². The first kappa shape index (κ1) is 48.5. The number of esters is 1. The van der Waals surface area contributed by atoms with E-state index in [1.54, 1.807) is 108 Å². The zero-order valence-corrected chi connectivity index (χ0v) is 37.3. The van der Waals surface area contributed by atoms with Crippen molar-refractivity contribution in [2.24, 2.45) is 0 Å². The fraction of sp³-hybridized carbons (Fsp3) is 0.326. The Balaban J connectivity index is 0.000000225. The predicted octanol–water partition coefficient (Wildman–Crippen LogP) is 4.08. The molecule has 348 valence electrons. The third kappa shape index (κ3) is 14.0. The molecular formula is C46H52N8O11S. The van der Waals surface area contributed by atoms with Gasteiger partial charge in [-0.3, -0.25) is 44.1 Å². The number of carbonyl (C=O) groups excluding carboxylic acids is 5. The number of piperazine rings is 1. The van der Waals surface area contributed by atoms with Gasteiger partial charge in [0.05, 0.1) is 32.4 Å². The maximum absolute atomic E-state index is 12.5. The van der Waals surface area contributed by atoms with Crippen molar-refractivity contribution >= 4 is 63.1 Å². The van der Waals surface area contributed by atoms with Crippen LogP contribution in [0.15, 0.2) is 109 Å². The van der Waals surface area contributed by atoms with E-state index in [2.05, 4.69) is 24.6 Å². The van der Waals surface area contributed by atoms with Crippen LogP contribution in [0.1, 0.15) is 45.2 Å². The Morgan fingerprint density at radius 3 is 1.55 bits per heavy atom. The molecule has 19 nitrogen and oxygen atoms in total. The molecule has 3 aliphatic rings. The molecule has 3 fully saturated rings. The normalized spacial score (nSPS) is 17.5. The van der Waals surface area contributed by atoms with Crippen LogP contribution in [0.5, 0.6) is 0 Å². The van der Waals surface area contributed by atoms with Gasteiger partial charge in [-0.2, -0.15) is 8.42 Å². The number of nitrogens with one attached hydrogen (secondary N) is 4. The number of ether oxygens (including phenoxy) is 3. The van der Waals surface area contributed by atoms with Crippen LogP contribution in [0.3, 0.4) is 0 Å². The van der Waals surface area contributed by atoms with Gasteiger partial charge >= 0.3 is 18.2 Å². The summed E-state index contributed by atoms with van der Waals surface area (Å²) in [5.74, 6) is -0.987. The first-order chi connectivity index (χ1) is 31.6. The van der Waals surface area contributed by atoms with Crippen molar-refractivity contribution in [2.45, 2.75) is 25.6 Å². The lowest BCUT2D eigenvalue weighted by atomic mass is 10.1. The molecule has 0 bridgehead atoms. The van der Waals surface area contributed by atoms with Crippen LogP contribution in [-0.4, -0.2) is 144 Å². The quantitative estimate of drug-likeness (QED) is 0.0433. The summed E-state index contributed by atoms with van der Waals surface area (Å²) in [7, 11) is -3.62. The minimum Gasteiger partial charge on any atom is -0.466 e. The highest BCUT2D eigenvalue weighted by atomic mass is 32.2. The van der Waals surface area contributed by atoms with E-state index < -0.39 is 34.3 Å². The lowest BCUT2D eigenvalue weighted by molar-refractivity contribution is -0.143. The fourth-order valence-corrected chi connectivity index (χ4v) is 7.52. The van der Waals surface area contributed by atoms with Gasteiger partial charge in [-0.15, -0.1) is 0 Å². The van der Waals surface area contributed by atoms with Crippen LogP contribution in [0.2, 0.25) is 0 Å². The Morgan fingerprint density at radius 2 is 1.09 bits per heavy atom. The average Bonchev–Trinajstić information content (AvgIpc) is 3.89. The second-order valence-electron chi connectivity index (χ2n) is 15.4. The molecule has 4 N–H and O–H groups in total. The average molecular weight is 925 g/mol. The molecule has 0 spiro atoms. The highest BCUT2D eigenvalue weighted by molar-refractivity contribution is 7.86. The number of benzene rings is 4. The molecular weight excluding hydrogens is 873 g/mol. The first-order valence-electron chi connectivity index (χ1n) is 21.2. The van der Waals surface area contributed by atoms with E-state index in [1.807, 2.05) is 13.0 Å². The second kappa shape index (κ2) is 22.8. The fourth-order valence-electron chi connectivity index (χ4n) is 7.12. The molecule has 4 amide bonds. The topological polar surface area (TPSA) is 241 Å². The number of hydrogen-bond acceptors (Lipinski definition) is 15. The summed E-state index contributed by atoms with van der Waals surface area (Å²) in [6.45, 7) is 7.31. The summed E-state index contributed by atoms with van der Waals surface area (Å²) in [6, 6.07) is 30.6. The predicted molar refractivity (Wildman–Crippen MR) is 245 cm³/mol. The number of nitrogens with zero attached hydrogens (tertiary/aromatic N) is 4. The van der Waals surface area contributed by atoms with Crippen molar-refractivity contribution in [3.8, 4) is 0 Å². The summed E-state index contributed by atoms with van der Waals surface area (Å²) in [5.41, 5.74) is 3.12. The van der Waals surface area contributed by atoms with Gasteiger partial charge in [0.25, 0.3) is 21.9 Å². The lowest BCUT2D eigenvalue weighted by Gasteiger charge is -2.35. The summed E-state index contributed by atoms with van der Waals surface area (Å²) < 4.78 is 42.5. The van der Waals surface area contributed by atoms with Crippen LogP contribution in [-0.2, 0) is 33.3 Å². The molecule has 0 unspecified atom stereocenters. The summed E-state index contributed by atoms with van der Waals surface area (Å²) in [6.07, 6.45) is -0.625. The van der Waals surface area contributed by atoms with Gasteiger partial charge in [-0.1, -0.05) is 36.4 Å². The zero-order valence-electron chi connectivity index (χ0n) is 36.5. The Labute approximate surface area is 382 Å². The Kier molecular flexibility index (Phi) is 16.7. The van der Waals surface area contributed by atoms with E-state index in [4.69, 9.17) is 25.0 Å². The minimum absolute atomic E-state index is 0.0105. The standard InChI is InChI=1S/C27H33N5O5.C19H19N3O6S/c1-2-36-24(33)12-13-30-14-16-31(17-15-30)18-23-19-32(27(35)37-23)22-10-8-20(9-11-22)25(28)29-26(34)21-6-4-3-5-7-21;1-29(25,26)27-12-16-11-22(19(24)28-16)15-9-7-13(8-10-15)17(20)21-18(23)14-5-3-2-4-6-14/h3-11,23H,2,12-19H2,1H3,(H2,28,29,34);2-10,16H,11-12H2,1H3,(H2,20,21,23)/t23-;16-/m00/s1. The van der Waals surface area contributed by atoms with Crippen LogP contribution in [0, 0.1) is 10.8 Å². The second-order valence-corrected chi connectivity index (χ2v) is 17.0. The van der Waals surface area contributed by atoms with Gasteiger partial charge < -0.3 is 29.7 Å². The molecule has 3 heterocycles. The van der Waals surface area contributed by atoms with Crippen molar-refractivity contribution in [1.82, 2.24) is 20.4 Å². The number of carbonyl (C=O) groups is 5. The lowest BCUT2D eigenvalue weighted by Crippen LogP contribution is -2.49. The van der Waals surface area contributed by atoms with E-state index in [-0.39, 0.29) is 42.8 Å². The van der Waals surface area contributed by atoms with Crippen LogP contribution in [0.4, 0.5) is 21.0 Å². The number of amides is 4. The summed E-state index contributed by atoms with van der Waals surface area (Å²) in [4.78, 5) is 68.0. The van der Waals surface area contributed by atoms with E-state index in [0.717, 1.165) is 32.4 Å². The molecule has 0 saturated carbocycles. The van der Waals surface area contributed by atoms with Crippen molar-refractivity contribution < 1.29 is 50.8 Å². The van der Waals surface area contributed by atoms with E-state index in [1.165, 1.54) is 4.90 Å². The molecule has 20 heteroatoms. The van der Waals surface area contributed by atoms with Gasteiger partial charge in [0.1, 0.15) is 30.5 Å². The molecule has 66 heavy (non-hydrogen) atoms. The van der Waals surface area contributed by atoms with Crippen LogP contribution in [0.25, 0.3) is 0 Å². The zero-order chi connectivity index (χ0) is 47.2. The van der Waals surface area contributed by atoms with E-state index in [9.17, 15) is 32.4 Å². The smallest absolute Gasteiger partial charge is 0.414 e. The number of cyclic esters (lactones) is 2. The maximum Gasteiger partial charge on any atom is 0.414 e.